The van der Waals surface area contributed by atoms with Gasteiger partial charge >= 0.3 is 6.18 Å². The third-order valence-corrected chi connectivity index (χ3v) is 4.59. The Balaban J connectivity index is 0.00000420. The lowest BCUT2D eigenvalue weighted by atomic mass is 10.1. The number of benzene rings is 1. The maximum atomic E-state index is 12.8. The van der Waals surface area contributed by atoms with Crippen LogP contribution in [0, 0.1) is 0 Å². The van der Waals surface area contributed by atoms with Gasteiger partial charge < -0.3 is 15.5 Å². The molecule has 1 aromatic carbocycles. The Morgan fingerprint density at radius 2 is 2.00 bits per heavy atom. The first-order valence-corrected chi connectivity index (χ1v) is 9.86. The molecule has 1 heterocycles. The fourth-order valence-corrected chi connectivity index (χ4v) is 3.11. The molecule has 0 aliphatic carbocycles. The van der Waals surface area contributed by atoms with Crippen molar-refractivity contribution in [2.24, 2.45) is 4.99 Å². The predicted octanol–water partition coefficient (Wildman–Crippen LogP) is 4.17. The van der Waals surface area contributed by atoms with Crippen molar-refractivity contribution < 1.29 is 18.0 Å². The molecule has 0 unspecified atom stereocenters. The van der Waals surface area contributed by atoms with E-state index in [4.69, 9.17) is 0 Å². The number of carbonyl (C=O) groups excluding carboxylic acids is 1. The van der Waals surface area contributed by atoms with E-state index in [0.717, 1.165) is 44.4 Å². The first kappa shape index (κ1) is 25.5. The van der Waals surface area contributed by atoms with Crippen LogP contribution in [0.1, 0.15) is 50.2 Å². The zero-order valence-corrected chi connectivity index (χ0v) is 19.1. The van der Waals surface area contributed by atoms with Gasteiger partial charge in [-0.2, -0.15) is 13.2 Å². The summed E-state index contributed by atoms with van der Waals surface area (Å²) in [5.41, 5.74) is -0.164. The van der Waals surface area contributed by atoms with E-state index in [2.05, 4.69) is 15.6 Å². The molecule has 1 amide bonds. The number of hydrogen-bond donors (Lipinski definition) is 2. The highest BCUT2D eigenvalue weighted by Gasteiger charge is 2.30. The van der Waals surface area contributed by atoms with Gasteiger partial charge in [0.25, 0.3) is 0 Å². The van der Waals surface area contributed by atoms with Gasteiger partial charge in [-0.05, 0) is 43.9 Å². The van der Waals surface area contributed by atoms with Gasteiger partial charge in [0, 0.05) is 32.6 Å². The summed E-state index contributed by atoms with van der Waals surface area (Å²) in [7, 11) is 0. The van der Waals surface area contributed by atoms with Crippen LogP contribution in [0.3, 0.4) is 0 Å². The molecule has 5 nitrogen and oxygen atoms in total. The highest BCUT2D eigenvalue weighted by molar-refractivity contribution is 14.0. The molecule has 2 rings (SSSR count). The fourth-order valence-electron chi connectivity index (χ4n) is 3.11. The molecular formula is C20H30F3IN4O. The van der Waals surface area contributed by atoms with Gasteiger partial charge in [-0.25, -0.2) is 4.99 Å². The second-order valence-electron chi connectivity index (χ2n) is 6.87. The van der Waals surface area contributed by atoms with Gasteiger partial charge in [-0.1, -0.05) is 18.6 Å². The number of nitrogens with one attached hydrogen (secondary N) is 2. The van der Waals surface area contributed by atoms with E-state index in [1.54, 1.807) is 6.07 Å². The smallest absolute Gasteiger partial charge is 0.357 e. The Bertz CT molecular complexity index is 667. The number of guanidine groups is 1. The first-order valence-electron chi connectivity index (χ1n) is 9.86. The lowest BCUT2D eigenvalue weighted by Crippen LogP contribution is -2.39. The second kappa shape index (κ2) is 12.9. The van der Waals surface area contributed by atoms with Crippen molar-refractivity contribution in [3.05, 3.63) is 35.4 Å². The fraction of sp³-hybridized carbons (Fsp3) is 0.600. The summed E-state index contributed by atoms with van der Waals surface area (Å²) < 4.78 is 38.4. The lowest BCUT2D eigenvalue weighted by molar-refractivity contribution is -0.137. The van der Waals surface area contributed by atoms with Gasteiger partial charge in [-0.3, -0.25) is 4.79 Å². The Kier molecular flexibility index (Phi) is 11.4. The molecule has 164 valence electrons. The summed E-state index contributed by atoms with van der Waals surface area (Å²) in [6.45, 7) is 4.90. The SMILES string of the molecule is CCNC(=NCc1cccc(C(F)(F)F)c1)NCCCN1CCCCCC1=O.I. The summed E-state index contributed by atoms with van der Waals surface area (Å²) in [4.78, 5) is 18.3. The van der Waals surface area contributed by atoms with Gasteiger partial charge in [0.1, 0.15) is 0 Å². The van der Waals surface area contributed by atoms with Crippen LogP contribution in [0.25, 0.3) is 0 Å². The highest BCUT2D eigenvalue weighted by atomic mass is 127. The molecule has 1 aliphatic heterocycles. The molecule has 0 aromatic heterocycles. The van der Waals surface area contributed by atoms with Crippen LogP contribution in [-0.4, -0.2) is 42.9 Å². The van der Waals surface area contributed by atoms with Crippen LogP contribution in [0.15, 0.2) is 29.3 Å². The maximum Gasteiger partial charge on any atom is 0.416 e. The number of likely N-dealkylation sites (tertiary alicyclic amines) is 1. The van der Waals surface area contributed by atoms with Gasteiger partial charge in [-0.15, -0.1) is 24.0 Å². The topological polar surface area (TPSA) is 56.7 Å². The maximum absolute atomic E-state index is 12.8. The van der Waals surface area contributed by atoms with Crippen LogP contribution in [0.2, 0.25) is 0 Å². The third kappa shape index (κ3) is 9.22. The summed E-state index contributed by atoms with van der Waals surface area (Å²) in [6.07, 6.45) is 0.204. The molecule has 2 N–H and O–H groups in total. The van der Waals surface area contributed by atoms with Crippen molar-refractivity contribution in [2.75, 3.05) is 26.2 Å². The second-order valence-corrected chi connectivity index (χ2v) is 6.87. The Morgan fingerprint density at radius 1 is 1.21 bits per heavy atom. The van der Waals surface area contributed by atoms with Crippen molar-refractivity contribution in [3.63, 3.8) is 0 Å². The molecule has 0 saturated carbocycles. The standard InChI is InChI=1S/C20H29F3N4O.HI/c1-2-24-19(25-11-7-13-27-12-5-3-4-10-18(27)28)26-15-16-8-6-9-17(14-16)20(21,22)23;/h6,8-9,14H,2-5,7,10-13,15H2,1H3,(H2,24,25,26);1H. The Labute approximate surface area is 187 Å². The normalized spacial score (nSPS) is 15.5. The molecular weight excluding hydrogens is 496 g/mol. The molecule has 0 spiro atoms. The summed E-state index contributed by atoms with van der Waals surface area (Å²) >= 11 is 0. The van der Waals surface area contributed by atoms with Crippen molar-refractivity contribution in [2.45, 2.75) is 51.7 Å². The van der Waals surface area contributed by atoms with Gasteiger partial charge in [0.2, 0.25) is 5.91 Å². The molecule has 9 heteroatoms. The number of amides is 1. The van der Waals surface area contributed by atoms with Crippen molar-refractivity contribution in [3.8, 4) is 0 Å². The molecule has 1 fully saturated rings. The lowest BCUT2D eigenvalue weighted by Gasteiger charge is -2.20. The minimum Gasteiger partial charge on any atom is -0.357 e. The zero-order valence-electron chi connectivity index (χ0n) is 16.7. The van der Waals surface area contributed by atoms with E-state index in [9.17, 15) is 18.0 Å². The predicted molar refractivity (Wildman–Crippen MR) is 119 cm³/mol. The largest absolute Gasteiger partial charge is 0.416 e. The van der Waals surface area contributed by atoms with Gasteiger partial charge in [0.05, 0.1) is 12.1 Å². The minimum absolute atomic E-state index is 0. The van der Waals surface area contributed by atoms with Crippen LogP contribution in [-0.2, 0) is 17.5 Å². The molecule has 0 radical (unpaired) electrons. The third-order valence-electron chi connectivity index (χ3n) is 4.59. The summed E-state index contributed by atoms with van der Waals surface area (Å²) in [5.74, 6) is 0.782. The number of carbonyl (C=O) groups is 1. The Hall–Kier alpha value is -1.52. The summed E-state index contributed by atoms with van der Waals surface area (Å²) in [6, 6.07) is 5.21. The van der Waals surface area contributed by atoms with Crippen molar-refractivity contribution in [1.29, 1.82) is 0 Å². The van der Waals surface area contributed by atoms with Crippen molar-refractivity contribution in [1.82, 2.24) is 15.5 Å². The molecule has 29 heavy (non-hydrogen) atoms. The number of rotatable bonds is 7. The first-order chi connectivity index (χ1) is 13.4. The van der Waals surface area contributed by atoms with E-state index in [1.165, 1.54) is 6.07 Å². The average Bonchev–Trinajstić information content (AvgIpc) is 2.87. The van der Waals surface area contributed by atoms with E-state index >= 15 is 0 Å². The molecule has 1 aliphatic rings. The number of hydrogen-bond acceptors (Lipinski definition) is 2. The van der Waals surface area contributed by atoms with Crippen LogP contribution < -0.4 is 10.6 Å². The number of aliphatic imine (C=N–C) groups is 1. The molecule has 1 saturated heterocycles. The quantitative estimate of drug-likeness (QED) is 0.243. The van der Waals surface area contributed by atoms with E-state index in [1.807, 2.05) is 11.8 Å². The van der Waals surface area contributed by atoms with Crippen molar-refractivity contribution >= 4 is 35.8 Å². The van der Waals surface area contributed by atoms with Crippen LogP contribution in [0.4, 0.5) is 13.2 Å². The number of alkyl halides is 3. The van der Waals surface area contributed by atoms with E-state index in [-0.39, 0.29) is 36.4 Å². The van der Waals surface area contributed by atoms with E-state index < -0.39 is 11.7 Å². The minimum atomic E-state index is -4.35. The van der Waals surface area contributed by atoms with Crippen LogP contribution >= 0.6 is 24.0 Å². The monoisotopic (exact) mass is 526 g/mol. The van der Waals surface area contributed by atoms with Gasteiger partial charge in [0.15, 0.2) is 5.96 Å². The zero-order chi connectivity index (χ0) is 20.4. The molecule has 1 aromatic rings. The highest BCUT2D eigenvalue weighted by Crippen LogP contribution is 2.29. The van der Waals surface area contributed by atoms with E-state index in [0.29, 0.717) is 37.6 Å². The number of nitrogens with zero attached hydrogens (tertiary/aromatic N) is 2. The molecule has 0 atom stereocenters. The Morgan fingerprint density at radius 3 is 2.72 bits per heavy atom. The molecule has 0 bridgehead atoms. The van der Waals surface area contributed by atoms with Crippen LogP contribution in [0.5, 0.6) is 0 Å². The average molecular weight is 526 g/mol. The number of halogens is 4. The summed E-state index contributed by atoms with van der Waals surface area (Å²) in [5, 5.41) is 6.28.